The summed E-state index contributed by atoms with van der Waals surface area (Å²) in [5, 5.41) is 2.78. The number of benzene rings is 1. The lowest BCUT2D eigenvalue weighted by molar-refractivity contribution is -0.121. The number of nitrogens with one attached hydrogen (secondary N) is 1. The summed E-state index contributed by atoms with van der Waals surface area (Å²) >= 11 is 0. The largest absolute Gasteiger partial charge is 0.496 e. The van der Waals surface area contributed by atoms with Gasteiger partial charge in [0.2, 0.25) is 5.91 Å². The highest BCUT2D eigenvalue weighted by Gasteiger charge is 2.06. The molecule has 17 heavy (non-hydrogen) atoms. The Hall–Kier alpha value is -1.55. The molecule has 0 aromatic heterocycles. The maximum Gasteiger partial charge on any atom is 0.236 e. The molecule has 4 nitrogen and oxygen atoms in total. The minimum Gasteiger partial charge on any atom is -0.496 e. The molecule has 0 fully saturated rings. The van der Waals surface area contributed by atoms with E-state index < -0.39 is 6.04 Å². The predicted octanol–water partition coefficient (Wildman–Crippen LogP) is 1.01. The Morgan fingerprint density at radius 2 is 2.24 bits per heavy atom. The number of hydrogen-bond donors (Lipinski definition) is 2. The molecule has 0 saturated heterocycles. The van der Waals surface area contributed by atoms with Crippen molar-refractivity contribution >= 4 is 5.91 Å². The van der Waals surface area contributed by atoms with Crippen molar-refractivity contribution in [3.8, 4) is 5.75 Å². The van der Waals surface area contributed by atoms with Crippen LogP contribution in [0.5, 0.6) is 5.75 Å². The van der Waals surface area contributed by atoms with Gasteiger partial charge < -0.3 is 15.8 Å². The van der Waals surface area contributed by atoms with Gasteiger partial charge >= 0.3 is 0 Å². The third-order valence-electron chi connectivity index (χ3n) is 2.60. The van der Waals surface area contributed by atoms with Crippen LogP contribution in [0.25, 0.3) is 0 Å². The van der Waals surface area contributed by atoms with Gasteiger partial charge in [0.1, 0.15) is 5.75 Å². The van der Waals surface area contributed by atoms with Crippen LogP contribution in [0.15, 0.2) is 18.2 Å². The molecule has 0 heterocycles. The topological polar surface area (TPSA) is 64.3 Å². The van der Waals surface area contributed by atoms with E-state index in [4.69, 9.17) is 10.5 Å². The van der Waals surface area contributed by atoms with Crippen molar-refractivity contribution in [2.45, 2.75) is 26.3 Å². The van der Waals surface area contributed by atoms with Gasteiger partial charge in [-0.25, -0.2) is 0 Å². The first kappa shape index (κ1) is 13.5. The molecule has 1 amide bonds. The van der Waals surface area contributed by atoms with Crippen LogP contribution in [-0.2, 0) is 11.2 Å². The van der Waals surface area contributed by atoms with Crippen LogP contribution < -0.4 is 15.8 Å². The summed E-state index contributed by atoms with van der Waals surface area (Å²) in [7, 11) is 1.66. The minimum atomic E-state index is -0.456. The molecule has 0 unspecified atom stereocenters. The van der Waals surface area contributed by atoms with Gasteiger partial charge in [-0.3, -0.25) is 4.79 Å². The molecule has 94 valence electrons. The number of hydrogen-bond acceptors (Lipinski definition) is 3. The van der Waals surface area contributed by atoms with Gasteiger partial charge in [0.25, 0.3) is 0 Å². The molecule has 1 aromatic carbocycles. The maximum absolute atomic E-state index is 11.2. The predicted molar refractivity (Wildman–Crippen MR) is 68.1 cm³/mol. The summed E-state index contributed by atoms with van der Waals surface area (Å²) in [5.41, 5.74) is 7.69. The fourth-order valence-electron chi connectivity index (χ4n) is 1.51. The van der Waals surface area contributed by atoms with Crippen molar-refractivity contribution in [3.05, 3.63) is 29.3 Å². The van der Waals surface area contributed by atoms with Crippen LogP contribution in [0.3, 0.4) is 0 Å². The molecule has 0 radical (unpaired) electrons. The first-order valence-corrected chi connectivity index (χ1v) is 5.71. The van der Waals surface area contributed by atoms with Gasteiger partial charge in [-0.15, -0.1) is 0 Å². The highest BCUT2D eigenvalue weighted by Crippen LogP contribution is 2.18. The van der Waals surface area contributed by atoms with Crippen molar-refractivity contribution in [3.63, 3.8) is 0 Å². The fraction of sp³-hybridized carbons (Fsp3) is 0.462. The average molecular weight is 236 g/mol. The summed E-state index contributed by atoms with van der Waals surface area (Å²) in [4.78, 5) is 11.2. The number of nitrogens with two attached hydrogens (primary N) is 1. The van der Waals surface area contributed by atoms with Crippen molar-refractivity contribution < 1.29 is 9.53 Å². The second-order valence-corrected chi connectivity index (χ2v) is 4.13. The molecule has 0 aliphatic heterocycles. The van der Waals surface area contributed by atoms with Crippen molar-refractivity contribution in [2.75, 3.05) is 13.7 Å². The lowest BCUT2D eigenvalue weighted by Gasteiger charge is -2.09. The number of aryl methyl sites for hydroxylation is 1. The lowest BCUT2D eigenvalue weighted by Crippen LogP contribution is -2.39. The molecule has 0 bridgehead atoms. The van der Waals surface area contributed by atoms with E-state index in [1.54, 1.807) is 14.0 Å². The Morgan fingerprint density at radius 1 is 1.53 bits per heavy atom. The summed E-state index contributed by atoms with van der Waals surface area (Å²) in [6, 6.07) is 5.59. The van der Waals surface area contributed by atoms with Crippen LogP contribution in [0.4, 0.5) is 0 Å². The Kier molecular flexibility index (Phi) is 4.97. The van der Waals surface area contributed by atoms with Crippen molar-refractivity contribution in [1.82, 2.24) is 5.32 Å². The first-order chi connectivity index (χ1) is 8.04. The molecule has 0 aliphatic carbocycles. The zero-order valence-corrected chi connectivity index (χ0v) is 10.6. The molecule has 3 N–H and O–H groups in total. The van der Waals surface area contributed by atoms with Crippen LogP contribution >= 0.6 is 0 Å². The molecular formula is C13H20N2O2. The fourth-order valence-corrected chi connectivity index (χ4v) is 1.51. The third kappa shape index (κ3) is 4.07. The standard InChI is InChI=1S/C13H20N2O2/c1-9-4-5-11(8-12(9)17-3)6-7-15-13(16)10(2)14/h4-5,8,10H,6-7,14H2,1-3H3,(H,15,16)/t10-/m0/s1. The van der Waals surface area contributed by atoms with Gasteiger partial charge in [0.15, 0.2) is 0 Å². The van der Waals surface area contributed by atoms with E-state index in [0.717, 1.165) is 23.3 Å². The monoisotopic (exact) mass is 236 g/mol. The Morgan fingerprint density at radius 3 is 2.82 bits per heavy atom. The number of methoxy groups -OCH3 is 1. The second-order valence-electron chi connectivity index (χ2n) is 4.13. The highest BCUT2D eigenvalue weighted by atomic mass is 16.5. The van der Waals surface area contributed by atoms with Gasteiger partial charge in [-0.1, -0.05) is 12.1 Å². The second kappa shape index (κ2) is 6.25. The van der Waals surface area contributed by atoms with Crippen molar-refractivity contribution in [2.24, 2.45) is 5.73 Å². The van der Waals surface area contributed by atoms with Crippen LogP contribution in [-0.4, -0.2) is 25.6 Å². The molecule has 0 saturated carbocycles. The average Bonchev–Trinajstić information content (AvgIpc) is 2.31. The van der Waals surface area contributed by atoms with E-state index in [2.05, 4.69) is 5.32 Å². The number of carbonyl (C=O) groups is 1. The molecule has 1 atom stereocenters. The lowest BCUT2D eigenvalue weighted by atomic mass is 10.1. The van der Waals surface area contributed by atoms with E-state index >= 15 is 0 Å². The number of ether oxygens (including phenoxy) is 1. The molecule has 0 spiro atoms. The maximum atomic E-state index is 11.2. The molecule has 0 aliphatic rings. The minimum absolute atomic E-state index is 0.121. The zero-order valence-electron chi connectivity index (χ0n) is 10.6. The van der Waals surface area contributed by atoms with Gasteiger partial charge in [0.05, 0.1) is 13.2 Å². The van der Waals surface area contributed by atoms with Crippen molar-refractivity contribution in [1.29, 1.82) is 0 Å². The number of amides is 1. The number of carbonyl (C=O) groups excluding carboxylic acids is 1. The zero-order chi connectivity index (χ0) is 12.8. The Bertz CT molecular complexity index is 389. The molecule has 1 aromatic rings. The summed E-state index contributed by atoms with van der Waals surface area (Å²) in [6.07, 6.45) is 0.773. The smallest absolute Gasteiger partial charge is 0.236 e. The van der Waals surface area contributed by atoms with Crippen LogP contribution in [0.2, 0.25) is 0 Å². The highest BCUT2D eigenvalue weighted by molar-refractivity contribution is 5.80. The quantitative estimate of drug-likeness (QED) is 0.802. The Balaban J connectivity index is 2.50. The first-order valence-electron chi connectivity index (χ1n) is 5.71. The van der Waals surface area contributed by atoms with E-state index in [1.807, 2.05) is 25.1 Å². The summed E-state index contributed by atoms with van der Waals surface area (Å²) in [5.74, 6) is 0.755. The number of rotatable bonds is 5. The molecule has 1 rings (SSSR count). The van der Waals surface area contributed by atoms with E-state index in [0.29, 0.717) is 6.54 Å². The summed E-state index contributed by atoms with van der Waals surface area (Å²) < 4.78 is 5.24. The van der Waals surface area contributed by atoms with Crippen LogP contribution in [0, 0.1) is 6.92 Å². The normalized spacial score (nSPS) is 12.0. The van der Waals surface area contributed by atoms with Gasteiger partial charge in [0, 0.05) is 6.54 Å². The molecular weight excluding hydrogens is 216 g/mol. The summed E-state index contributed by atoms with van der Waals surface area (Å²) in [6.45, 7) is 4.26. The van der Waals surface area contributed by atoms with E-state index in [1.165, 1.54) is 0 Å². The third-order valence-corrected chi connectivity index (χ3v) is 2.60. The Labute approximate surface area is 102 Å². The van der Waals surface area contributed by atoms with Gasteiger partial charge in [-0.05, 0) is 37.5 Å². The van der Waals surface area contributed by atoms with E-state index in [-0.39, 0.29) is 5.91 Å². The van der Waals surface area contributed by atoms with E-state index in [9.17, 15) is 4.79 Å². The van der Waals surface area contributed by atoms with Gasteiger partial charge in [-0.2, -0.15) is 0 Å². The molecule has 4 heteroatoms. The van der Waals surface area contributed by atoms with Crippen LogP contribution in [0.1, 0.15) is 18.1 Å². The SMILES string of the molecule is COc1cc(CCNC(=O)[C@H](C)N)ccc1C.